The molecule has 2 aliphatic rings. The van der Waals surface area contributed by atoms with E-state index in [9.17, 15) is 0 Å². The zero-order valence-corrected chi connectivity index (χ0v) is 15.2. The molecule has 0 bridgehead atoms. The number of thiazole rings is 1. The maximum atomic E-state index is 4.55. The van der Waals surface area contributed by atoms with Gasteiger partial charge in [-0.05, 0) is 37.8 Å². The highest BCUT2D eigenvalue weighted by Gasteiger charge is 2.56. The molecule has 1 aliphatic carbocycles. The van der Waals surface area contributed by atoms with E-state index in [0.29, 0.717) is 11.5 Å². The van der Waals surface area contributed by atoms with E-state index in [1.165, 1.54) is 24.3 Å². The fraction of sp³-hybridized carbons (Fsp3) is 0.500. The fourth-order valence-electron chi connectivity index (χ4n) is 4.42. The van der Waals surface area contributed by atoms with Crippen LogP contribution in [0.4, 0.5) is 5.82 Å². The molecule has 1 aliphatic heterocycles. The average Bonchev–Trinajstić information content (AvgIpc) is 3.00. The Morgan fingerprint density at radius 1 is 1.32 bits per heavy atom. The molecular weight excluding hydrogens is 332 g/mol. The molecule has 1 N–H and O–H groups in total. The van der Waals surface area contributed by atoms with Gasteiger partial charge in [0.1, 0.15) is 22.8 Å². The van der Waals surface area contributed by atoms with Gasteiger partial charge in [0.15, 0.2) is 0 Å². The minimum absolute atomic E-state index is 0.507. The van der Waals surface area contributed by atoms with E-state index in [2.05, 4.69) is 48.2 Å². The molecule has 4 heterocycles. The van der Waals surface area contributed by atoms with Crippen molar-refractivity contribution >= 4 is 28.2 Å². The van der Waals surface area contributed by atoms with E-state index in [0.717, 1.165) is 36.5 Å². The first-order valence-electron chi connectivity index (χ1n) is 8.87. The quantitative estimate of drug-likeness (QED) is 0.781. The van der Waals surface area contributed by atoms with E-state index in [1.807, 2.05) is 12.4 Å². The molecule has 7 heteroatoms. The van der Waals surface area contributed by atoms with Crippen molar-refractivity contribution in [1.29, 1.82) is 0 Å². The molecule has 0 amide bonds. The van der Waals surface area contributed by atoms with Crippen molar-refractivity contribution in [2.45, 2.75) is 31.8 Å². The van der Waals surface area contributed by atoms with Crippen LogP contribution in [0.1, 0.15) is 24.3 Å². The summed E-state index contributed by atoms with van der Waals surface area (Å²) in [6.07, 6.45) is 9.33. The van der Waals surface area contributed by atoms with Crippen LogP contribution in [0.3, 0.4) is 0 Å². The number of aromatic amines is 1. The number of hydrogen-bond acceptors (Lipinski definition) is 6. The van der Waals surface area contributed by atoms with Crippen molar-refractivity contribution in [2.24, 2.45) is 5.41 Å². The van der Waals surface area contributed by atoms with Gasteiger partial charge in [-0.1, -0.05) is 0 Å². The summed E-state index contributed by atoms with van der Waals surface area (Å²) in [4.78, 5) is 21.4. The summed E-state index contributed by atoms with van der Waals surface area (Å²) < 4.78 is 0. The van der Waals surface area contributed by atoms with Crippen LogP contribution in [0.2, 0.25) is 0 Å². The summed E-state index contributed by atoms with van der Waals surface area (Å²) in [6, 6.07) is 2.78. The largest absolute Gasteiger partial charge is 0.356 e. The lowest BCUT2D eigenvalue weighted by molar-refractivity contribution is 0.238. The second-order valence-electron chi connectivity index (χ2n) is 7.35. The molecule has 0 unspecified atom stereocenters. The Hall–Kier alpha value is -1.99. The first-order valence-corrected chi connectivity index (χ1v) is 9.75. The van der Waals surface area contributed by atoms with Crippen molar-refractivity contribution in [3.8, 4) is 0 Å². The molecule has 1 saturated heterocycles. The standard InChI is InChI=1S/C18H22N6S/c1-23(11-15-19-6-9-25-15)14-10-18(14)3-7-24(8-4-18)17-13-2-5-20-16(13)21-12-22-17/h2,5-6,9,12,14H,3-4,7-8,10-11H2,1H3,(H,20,21,22)/t14-/m0/s1. The lowest BCUT2D eigenvalue weighted by Crippen LogP contribution is -2.38. The molecule has 130 valence electrons. The van der Waals surface area contributed by atoms with Crippen molar-refractivity contribution in [2.75, 3.05) is 25.0 Å². The molecule has 5 rings (SSSR count). The monoisotopic (exact) mass is 354 g/mol. The van der Waals surface area contributed by atoms with Gasteiger partial charge >= 0.3 is 0 Å². The topological polar surface area (TPSA) is 60.9 Å². The molecular formula is C18H22N6S. The normalized spacial score (nSPS) is 22.2. The maximum Gasteiger partial charge on any atom is 0.142 e. The van der Waals surface area contributed by atoms with E-state index >= 15 is 0 Å². The Labute approximate surface area is 150 Å². The van der Waals surface area contributed by atoms with Gasteiger partial charge in [-0.2, -0.15) is 0 Å². The number of hydrogen-bond donors (Lipinski definition) is 1. The van der Waals surface area contributed by atoms with Crippen LogP contribution in [0.25, 0.3) is 11.0 Å². The molecule has 0 aromatic carbocycles. The Kier molecular flexibility index (Phi) is 3.53. The number of piperidine rings is 1. The zero-order chi connectivity index (χ0) is 16.9. The summed E-state index contributed by atoms with van der Waals surface area (Å²) in [5.74, 6) is 1.08. The second kappa shape index (κ2) is 5.78. The van der Waals surface area contributed by atoms with Gasteiger partial charge in [-0.25, -0.2) is 15.0 Å². The van der Waals surface area contributed by atoms with E-state index in [1.54, 1.807) is 17.7 Å². The number of anilines is 1. The van der Waals surface area contributed by atoms with Crippen LogP contribution in [0, 0.1) is 5.41 Å². The van der Waals surface area contributed by atoms with Gasteiger partial charge in [0.05, 0.1) is 11.9 Å². The fourth-order valence-corrected chi connectivity index (χ4v) is 5.09. The summed E-state index contributed by atoms with van der Waals surface area (Å²) in [6.45, 7) is 3.14. The summed E-state index contributed by atoms with van der Waals surface area (Å²) in [5, 5.41) is 4.41. The molecule has 2 fully saturated rings. The van der Waals surface area contributed by atoms with Crippen LogP contribution < -0.4 is 4.90 Å². The third kappa shape index (κ3) is 2.62. The Balaban J connectivity index is 1.25. The van der Waals surface area contributed by atoms with Crippen LogP contribution in [0.15, 0.2) is 30.2 Å². The van der Waals surface area contributed by atoms with E-state index < -0.39 is 0 Å². The predicted octanol–water partition coefficient (Wildman–Crippen LogP) is 2.91. The number of fused-ring (bicyclic) bond motifs is 1. The van der Waals surface area contributed by atoms with Gasteiger partial charge in [-0.3, -0.25) is 4.90 Å². The predicted molar refractivity (Wildman–Crippen MR) is 99.8 cm³/mol. The van der Waals surface area contributed by atoms with E-state index in [-0.39, 0.29) is 0 Å². The van der Waals surface area contributed by atoms with Crippen LogP contribution >= 0.6 is 11.3 Å². The van der Waals surface area contributed by atoms with Gasteiger partial charge in [-0.15, -0.1) is 11.3 Å². The highest BCUT2D eigenvalue weighted by molar-refractivity contribution is 7.09. The number of aromatic nitrogens is 4. The summed E-state index contributed by atoms with van der Waals surface area (Å²) in [7, 11) is 2.25. The minimum atomic E-state index is 0.507. The molecule has 1 saturated carbocycles. The smallest absolute Gasteiger partial charge is 0.142 e. The maximum absolute atomic E-state index is 4.55. The third-order valence-corrected chi connectivity index (χ3v) is 6.70. The molecule has 0 radical (unpaired) electrons. The van der Waals surface area contributed by atoms with Crippen LogP contribution in [-0.2, 0) is 6.54 Å². The minimum Gasteiger partial charge on any atom is -0.356 e. The molecule has 6 nitrogen and oxygen atoms in total. The SMILES string of the molecule is CN(Cc1nccs1)[C@H]1CC12CCN(c1ncnc3[nH]ccc13)CC2. The molecule has 3 aromatic rings. The average molecular weight is 354 g/mol. The van der Waals surface area contributed by atoms with Crippen LogP contribution in [0.5, 0.6) is 0 Å². The lowest BCUT2D eigenvalue weighted by Gasteiger charge is -2.35. The van der Waals surface area contributed by atoms with Gasteiger partial charge in [0.2, 0.25) is 0 Å². The number of nitrogens with one attached hydrogen (secondary N) is 1. The number of H-pyrrole nitrogens is 1. The van der Waals surface area contributed by atoms with Gasteiger partial charge in [0, 0.05) is 36.9 Å². The number of nitrogens with zero attached hydrogens (tertiary/aromatic N) is 5. The highest BCUT2D eigenvalue weighted by atomic mass is 32.1. The Morgan fingerprint density at radius 3 is 3.00 bits per heavy atom. The van der Waals surface area contributed by atoms with Crippen LogP contribution in [-0.4, -0.2) is 51.0 Å². The van der Waals surface area contributed by atoms with Gasteiger partial charge < -0.3 is 9.88 Å². The lowest BCUT2D eigenvalue weighted by atomic mass is 9.92. The Morgan fingerprint density at radius 2 is 2.20 bits per heavy atom. The zero-order valence-electron chi connectivity index (χ0n) is 14.4. The third-order valence-electron chi connectivity index (χ3n) is 5.94. The molecule has 1 spiro atoms. The Bertz CT molecular complexity index is 865. The van der Waals surface area contributed by atoms with Crippen molar-refractivity contribution < 1.29 is 0 Å². The van der Waals surface area contributed by atoms with Crippen molar-refractivity contribution in [3.05, 3.63) is 35.2 Å². The first-order chi connectivity index (χ1) is 12.3. The molecule has 25 heavy (non-hydrogen) atoms. The molecule has 3 aromatic heterocycles. The summed E-state index contributed by atoms with van der Waals surface area (Å²) in [5.41, 5.74) is 1.44. The van der Waals surface area contributed by atoms with Crippen molar-refractivity contribution in [1.82, 2.24) is 24.8 Å². The molecule has 1 atom stereocenters. The number of rotatable bonds is 4. The summed E-state index contributed by atoms with van der Waals surface area (Å²) >= 11 is 1.75. The first kappa shape index (κ1) is 15.3. The highest BCUT2D eigenvalue weighted by Crippen LogP contribution is 2.56. The van der Waals surface area contributed by atoms with Crippen molar-refractivity contribution in [3.63, 3.8) is 0 Å². The van der Waals surface area contributed by atoms with Gasteiger partial charge in [0.25, 0.3) is 0 Å². The van der Waals surface area contributed by atoms with E-state index in [4.69, 9.17) is 0 Å². The second-order valence-corrected chi connectivity index (χ2v) is 8.33.